The summed E-state index contributed by atoms with van der Waals surface area (Å²) in [7, 11) is 0. The normalized spacial score (nSPS) is 23.6. The van der Waals surface area contributed by atoms with E-state index in [4.69, 9.17) is 5.73 Å². The average Bonchev–Trinajstić information content (AvgIpc) is 3.44. The van der Waals surface area contributed by atoms with Gasteiger partial charge in [0.05, 0.1) is 6.04 Å². The van der Waals surface area contributed by atoms with E-state index in [1.807, 2.05) is 17.5 Å². The number of thiophene rings is 1. The van der Waals surface area contributed by atoms with Crippen LogP contribution < -0.4 is 16.6 Å². The molecule has 0 radical (unpaired) electrons. The lowest BCUT2D eigenvalue weighted by atomic mass is 9.71. The van der Waals surface area contributed by atoms with Gasteiger partial charge in [-0.15, -0.1) is 11.3 Å². The van der Waals surface area contributed by atoms with Crippen molar-refractivity contribution in [3.05, 3.63) is 76.1 Å². The molecule has 2 aliphatic heterocycles. The fraction of sp³-hybridized carbons (Fsp3) is 0.464. The van der Waals surface area contributed by atoms with E-state index in [-0.39, 0.29) is 11.5 Å². The number of hydrogen-bond acceptors (Lipinski definition) is 6. The molecule has 34 heavy (non-hydrogen) atoms. The Bertz CT molecular complexity index is 1170. The highest BCUT2D eigenvalue weighted by molar-refractivity contribution is 7.17. The van der Waals surface area contributed by atoms with Crippen LogP contribution in [0, 0.1) is 12.3 Å². The lowest BCUT2D eigenvalue weighted by Gasteiger charge is -2.43. The number of nitrogens with two attached hydrogens (primary N) is 1. The predicted molar refractivity (Wildman–Crippen MR) is 142 cm³/mol. The van der Waals surface area contributed by atoms with Crippen molar-refractivity contribution in [2.75, 3.05) is 19.6 Å². The lowest BCUT2D eigenvalue weighted by molar-refractivity contribution is 0.0775. The van der Waals surface area contributed by atoms with Gasteiger partial charge in [0, 0.05) is 41.8 Å². The van der Waals surface area contributed by atoms with Crippen molar-refractivity contribution in [1.82, 2.24) is 20.7 Å². The smallest absolute Gasteiger partial charge is 0.0741 e. The monoisotopic (exact) mass is 475 g/mol. The summed E-state index contributed by atoms with van der Waals surface area (Å²) in [6, 6.07) is 13.4. The zero-order chi connectivity index (χ0) is 23.5. The quantitative estimate of drug-likeness (QED) is 0.405. The maximum atomic E-state index is 6.00. The van der Waals surface area contributed by atoms with E-state index in [0.29, 0.717) is 6.54 Å². The zero-order valence-corrected chi connectivity index (χ0v) is 21.3. The summed E-state index contributed by atoms with van der Waals surface area (Å²) in [4.78, 5) is 7.11. The second kappa shape index (κ2) is 10.2. The Labute approximate surface area is 207 Å². The summed E-state index contributed by atoms with van der Waals surface area (Å²) in [5, 5.41) is 3.78. The van der Waals surface area contributed by atoms with E-state index in [1.54, 1.807) is 0 Å². The molecular weight excluding hydrogens is 438 g/mol. The van der Waals surface area contributed by atoms with Crippen molar-refractivity contribution in [3.63, 3.8) is 0 Å². The van der Waals surface area contributed by atoms with E-state index < -0.39 is 0 Å². The highest BCUT2D eigenvalue weighted by Gasteiger charge is 2.38. The Morgan fingerprint density at radius 3 is 2.97 bits per heavy atom. The number of pyridine rings is 1. The maximum Gasteiger partial charge on any atom is 0.0741 e. The topological polar surface area (TPSA) is 66.2 Å². The summed E-state index contributed by atoms with van der Waals surface area (Å²) < 4.78 is 1.39. The summed E-state index contributed by atoms with van der Waals surface area (Å²) in [5.41, 5.74) is 19.9. The Hall–Kier alpha value is -2.25. The molecule has 1 fully saturated rings. The summed E-state index contributed by atoms with van der Waals surface area (Å²) in [6.07, 6.45) is 7.64. The van der Waals surface area contributed by atoms with Gasteiger partial charge in [-0.25, -0.2) is 5.43 Å². The Morgan fingerprint density at radius 1 is 1.26 bits per heavy atom. The summed E-state index contributed by atoms with van der Waals surface area (Å²) in [6.45, 7) is 8.49. The van der Waals surface area contributed by atoms with Gasteiger partial charge in [-0.2, -0.15) is 0 Å². The van der Waals surface area contributed by atoms with Gasteiger partial charge in [0.15, 0.2) is 0 Å². The van der Waals surface area contributed by atoms with E-state index in [9.17, 15) is 0 Å². The van der Waals surface area contributed by atoms with Crippen molar-refractivity contribution in [1.29, 1.82) is 0 Å². The minimum absolute atomic E-state index is 0.183. The van der Waals surface area contributed by atoms with Gasteiger partial charge < -0.3 is 11.2 Å². The molecule has 0 spiro atoms. The van der Waals surface area contributed by atoms with Gasteiger partial charge in [0.1, 0.15) is 0 Å². The molecule has 0 aliphatic carbocycles. The third-order valence-corrected chi connectivity index (χ3v) is 8.78. The van der Waals surface area contributed by atoms with Crippen molar-refractivity contribution in [2.24, 2.45) is 11.1 Å². The molecule has 1 saturated heterocycles. The Morgan fingerprint density at radius 2 is 2.15 bits per heavy atom. The Balaban J connectivity index is 1.39. The van der Waals surface area contributed by atoms with E-state index in [1.165, 1.54) is 58.3 Å². The van der Waals surface area contributed by atoms with Gasteiger partial charge in [0.25, 0.3) is 0 Å². The molecule has 0 amide bonds. The molecule has 2 atom stereocenters. The predicted octanol–water partition coefficient (Wildman–Crippen LogP) is 5.44. The zero-order valence-electron chi connectivity index (χ0n) is 20.4. The van der Waals surface area contributed by atoms with Crippen LogP contribution >= 0.6 is 11.3 Å². The number of hydrogen-bond donors (Lipinski definition) is 3. The van der Waals surface area contributed by atoms with Gasteiger partial charge in [-0.05, 0) is 96.8 Å². The number of fused-ring (bicyclic) bond motifs is 1. The minimum Gasteiger partial charge on any atom is -0.330 e. The number of hydrazine groups is 1. The number of aromatic nitrogens is 1. The van der Waals surface area contributed by atoms with Crippen LogP contribution in [0.1, 0.15) is 61.9 Å². The molecule has 180 valence electrons. The molecule has 2 unspecified atom stereocenters. The number of nitrogens with zero attached hydrogens (tertiary/aromatic N) is 2. The van der Waals surface area contributed by atoms with Gasteiger partial charge in [-0.1, -0.05) is 25.1 Å². The average molecular weight is 476 g/mol. The first-order chi connectivity index (χ1) is 16.6. The van der Waals surface area contributed by atoms with Gasteiger partial charge in [-0.3, -0.25) is 9.88 Å². The number of piperidine rings is 1. The van der Waals surface area contributed by atoms with E-state index in [0.717, 1.165) is 31.6 Å². The molecular formula is C28H37N5S. The fourth-order valence-corrected chi connectivity index (χ4v) is 6.87. The van der Waals surface area contributed by atoms with Crippen molar-refractivity contribution >= 4 is 21.4 Å². The first-order valence-electron chi connectivity index (χ1n) is 12.6. The molecule has 3 aromatic rings. The van der Waals surface area contributed by atoms with Crippen molar-refractivity contribution in [3.8, 4) is 0 Å². The third-order valence-electron chi connectivity index (χ3n) is 7.76. The van der Waals surface area contributed by atoms with Crippen LogP contribution in [0.5, 0.6) is 0 Å². The molecule has 5 rings (SSSR count). The fourth-order valence-electron chi connectivity index (χ4n) is 5.91. The molecule has 0 bridgehead atoms. The number of nitrogens with one attached hydrogen (secondary N) is 2. The maximum absolute atomic E-state index is 6.00. The van der Waals surface area contributed by atoms with Crippen LogP contribution in [-0.2, 0) is 6.54 Å². The largest absolute Gasteiger partial charge is 0.330 e. The standard InChI is InChI=1S/C28H37N5S/c1-3-28(11-6-14-33(19-28)17-22-18-34-26-8-5-4-7-23(22)26)16-24-25(9-12-29)31-32-27(24)21-10-13-30-20(2)15-21/h4-5,7-8,10,13,15,18,27,31-32H,3,6,9,11-12,14,16-17,19,29H2,1-2H3. The summed E-state index contributed by atoms with van der Waals surface area (Å²) in [5.74, 6) is 0. The number of rotatable bonds is 8. The highest BCUT2D eigenvalue weighted by Crippen LogP contribution is 2.44. The first kappa shape index (κ1) is 23.5. The second-order valence-corrected chi connectivity index (χ2v) is 11.0. The SMILES string of the molecule is CCC1(CC2=C(CCN)NNC2c2ccnc(C)c2)CCCN(Cc2csc3ccccc23)C1. The van der Waals surface area contributed by atoms with Crippen LogP contribution in [0.2, 0.25) is 0 Å². The van der Waals surface area contributed by atoms with Crippen molar-refractivity contribution in [2.45, 2.75) is 58.5 Å². The summed E-state index contributed by atoms with van der Waals surface area (Å²) >= 11 is 1.87. The van der Waals surface area contributed by atoms with Gasteiger partial charge >= 0.3 is 0 Å². The minimum atomic E-state index is 0.183. The van der Waals surface area contributed by atoms with Crippen LogP contribution in [0.15, 0.2) is 59.2 Å². The number of benzene rings is 1. The first-order valence-corrected chi connectivity index (χ1v) is 13.5. The number of likely N-dealkylation sites (tertiary alicyclic amines) is 1. The van der Waals surface area contributed by atoms with E-state index in [2.05, 4.69) is 76.4 Å². The van der Waals surface area contributed by atoms with Crippen LogP contribution in [0.4, 0.5) is 0 Å². The van der Waals surface area contributed by atoms with E-state index >= 15 is 0 Å². The molecule has 0 saturated carbocycles. The molecule has 2 aliphatic rings. The lowest BCUT2D eigenvalue weighted by Crippen LogP contribution is -2.43. The molecule has 2 aromatic heterocycles. The van der Waals surface area contributed by atoms with Gasteiger partial charge in [0.2, 0.25) is 0 Å². The second-order valence-electron chi connectivity index (χ2n) is 10.1. The van der Waals surface area contributed by atoms with Crippen LogP contribution in [0.3, 0.4) is 0 Å². The molecule has 4 heterocycles. The molecule has 4 N–H and O–H groups in total. The molecule has 1 aromatic carbocycles. The molecule has 5 nitrogen and oxygen atoms in total. The highest BCUT2D eigenvalue weighted by atomic mass is 32.1. The molecule has 6 heteroatoms. The van der Waals surface area contributed by atoms with Crippen molar-refractivity contribution < 1.29 is 0 Å². The third kappa shape index (κ3) is 4.78. The van der Waals surface area contributed by atoms with Crippen LogP contribution in [0.25, 0.3) is 10.1 Å². The van der Waals surface area contributed by atoms with Crippen LogP contribution in [-0.4, -0.2) is 29.5 Å². The number of aryl methyl sites for hydroxylation is 1. The Kier molecular flexibility index (Phi) is 7.02.